The molecule has 0 aliphatic carbocycles. The molecule has 0 unspecified atom stereocenters. The molecule has 0 saturated carbocycles. The van der Waals surface area contributed by atoms with Crippen LogP contribution in [0.3, 0.4) is 0 Å². The number of rotatable bonds is 3. The summed E-state index contributed by atoms with van der Waals surface area (Å²) >= 11 is 24.6. The first-order chi connectivity index (χ1) is 10.8. The molecule has 1 aromatic heterocycles. The maximum atomic E-state index is 11.8. The fourth-order valence-electron chi connectivity index (χ4n) is 1.74. The van der Waals surface area contributed by atoms with Crippen LogP contribution in [0.15, 0.2) is 18.2 Å². The minimum atomic E-state index is -0.438. The summed E-state index contributed by atoms with van der Waals surface area (Å²) in [6, 6.07) is 4.82. The summed E-state index contributed by atoms with van der Waals surface area (Å²) in [5, 5.41) is 7.80. The molecule has 0 spiro atoms. The van der Waals surface area contributed by atoms with Gasteiger partial charge in [0.1, 0.15) is 5.00 Å². The molecule has 0 radical (unpaired) electrons. The molecule has 2 rings (SSSR count). The molecule has 0 aliphatic rings. The second kappa shape index (κ2) is 7.68. The third kappa shape index (κ3) is 4.49. The van der Waals surface area contributed by atoms with Crippen LogP contribution in [0.2, 0.25) is 15.1 Å². The highest BCUT2D eigenvalue weighted by Crippen LogP contribution is 2.33. The first-order valence-electron chi connectivity index (χ1n) is 6.23. The molecule has 122 valence electrons. The molecule has 1 aromatic carbocycles. The minimum absolute atomic E-state index is 0.261. The van der Waals surface area contributed by atoms with E-state index in [1.54, 1.807) is 12.1 Å². The van der Waals surface area contributed by atoms with Crippen molar-refractivity contribution in [1.29, 1.82) is 0 Å². The second-order valence-corrected chi connectivity index (χ2v) is 7.30. The molecule has 4 nitrogen and oxygen atoms in total. The molecule has 2 N–H and O–H groups in total. The van der Waals surface area contributed by atoms with Gasteiger partial charge >= 0.3 is 5.97 Å². The number of hydrogen-bond donors (Lipinski definition) is 2. The molecule has 0 saturated heterocycles. The van der Waals surface area contributed by atoms with Crippen molar-refractivity contribution in [2.24, 2.45) is 0 Å². The van der Waals surface area contributed by atoms with Crippen molar-refractivity contribution in [1.82, 2.24) is 0 Å². The average Bonchev–Trinajstić information content (AvgIpc) is 2.84. The molecular formula is C14H11Cl3N2O2S2. The molecular weight excluding hydrogens is 399 g/mol. The van der Waals surface area contributed by atoms with Crippen LogP contribution < -0.4 is 10.6 Å². The van der Waals surface area contributed by atoms with Crippen LogP contribution in [0.1, 0.15) is 15.2 Å². The van der Waals surface area contributed by atoms with E-state index in [-0.39, 0.29) is 5.11 Å². The van der Waals surface area contributed by atoms with E-state index in [1.165, 1.54) is 24.5 Å². The predicted molar refractivity (Wildman–Crippen MR) is 102 cm³/mol. The Balaban J connectivity index is 2.18. The summed E-state index contributed by atoms with van der Waals surface area (Å²) < 4.78 is 4.75. The van der Waals surface area contributed by atoms with Gasteiger partial charge in [-0.25, -0.2) is 4.79 Å². The van der Waals surface area contributed by atoms with Crippen molar-refractivity contribution in [2.75, 3.05) is 17.7 Å². The van der Waals surface area contributed by atoms with Gasteiger partial charge in [0.25, 0.3) is 0 Å². The van der Waals surface area contributed by atoms with Crippen LogP contribution >= 0.6 is 58.4 Å². The monoisotopic (exact) mass is 408 g/mol. The average molecular weight is 410 g/mol. The van der Waals surface area contributed by atoms with Crippen LogP contribution in [0.25, 0.3) is 0 Å². The topological polar surface area (TPSA) is 50.4 Å². The highest BCUT2D eigenvalue weighted by molar-refractivity contribution is 7.80. The maximum absolute atomic E-state index is 11.8. The van der Waals surface area contributed by atoms with Gasteiger partial charge in [0.15, 0.2) is 5.11 Å². The summed E-state index contributed by atoms with van der Waals surface area (Å²) in [6.07, 6.45) is 0. The van der Waals surface area contributed by atoms with Gasteiger partial charge in [-0.15, -0.1) is 11.3 Å². The van der Waals surface area contributed by atoms with Crippen molar-refractivity contribution in [3.05, 3.63) is 43.7 Å². The Morgan fingerprint density at radius 1 is 1.13 bits per heavy atom. The molecule has 1 heterocycles. The van der Waals surface area contributed by atoms with Crippen LogP contribution in [0.4, 0.5) is 10.7 Å². The van der Waals surface area contributed by atoms with Crippen LogP contribution in [0, 0.1) is 6.92 Å². The van der Waals surface area contributed by atoms with E-state index < -0.39 is 5.97 Å². The number of anilines is 2. The van der Waals surface area contributed by atoms with E-state index in [2.05, 4.69) is 10.6 Å². The zero-order valence-electron chi connectivity index (χ0n) is 12.0. The maximum Gasteiger partial charge on any atom is 0.340 e. The number of nitrogens with one attached hydrogen (secondary N) is 2. The van der Waals surface area contributed by atoms with Gasteiger partial charge in [0.05, 0.1) is 33.4 Å². The fourth-order valence-corrected chi connectivity index (χ4v) is 3.52. The van der Waals surface area contributed by atoms with Crippen molar-refractivity contribution in [3.63, 3.8) is 0 Å². The lowest BCUT2D eigenvalue weighted by Crippen LogP contribution is -2.20. The molecule has 0 aliphatic heterocycles. The molecule has 23 heavy (non-hydrogen) atoms. The number of esters is 1. The molecule has 2 aromatic rings. The number of thiocarbonyl (C=S) groups is 1. The van der Waals surface area contributed by atoms with E-state index in [0.717, 1.165) is 4.88 Å². The summed E-state index contributed by atoms with van der Waals surface area (Å²) in [4.78, 5) is 12.7. The zero-order chi connectivity index (χ0) is 17.1. The largest absolute Gasteiger partial charge is 0.465 e. The molecule has 0 amide bonds. The lowest BCUT2D eigenvalue weighted by molar-refractivity contribution is 0.0602. The third-order valence-corrected chi connectivity index (χ3v) is 4.95. The van der Waals surface area contributed by atoms with E-state index >= 15 is 0 Å². The minimum Gasteiger partial charge on any atom is -0.465 e. The number of ether oxygens (including phenoxy) is 1. The number of hydrogen-bond acceptors (Lipinski definition) is 4. The van der Waals surface area contributed by atoms with Crippen LogP contribution in [0.5, 0.6) is 0 Å². The Kier molecular flexibility index (Phi) is 6.11. The van der Waals surface area contributed by atoms with Gasteiger partial charge in [-0.1, -0.05) is 34.8 Å². The van der Waals surface area contributed by atoms with Gasteiger partial charge in [-0.2, -0.15) is 0 Å². The number of thiophene rings is 1. The zero-order valence-corrected chi connectivity index (χ0v) is 15.9. The van der Waals surface area contributed by atoms with Gasteiger partial charge in [-0.05, 0) is 37.3 Å². The molecule has 0 bridgehead atoms. The first-order valence-corrected chi connectivity index (χ1v) is 8.59. The highest BCUT2D eigenvalue weighted by atomic mass is 35.5. The van der Waals surface area contributed by atoms with Crippen LogP contribution in [-0.4, -0.2) is 18.2 Å². The molecule has 9 heteroatoms. The normalized spacial score (nSPS) is 10.3. The Bertz CT molecular complexity index is 778. The number of aryl methyl sites for hydroxylation is 1. The fraction of sp³-hybridized carbons (Fsp3) is 0.143. The Labute approximate surface area is 157 Å². The summed E-state index contributed by atoms with van der Waals surface area (Å²) in [6.45, 7) is 1.88. The molecule has 0 atom stereocenters. The van der Waals surface area contributed by atoms with E-state index in [0.29, 0.717) is 31.3 Å². The first kappa shape index (κ1) is 18.3. The standard InChI is InChI=1S/C14H11Cl3N2O2S2/c1-6-3-7(13(20)21-2)12(23-6)19-14(22)18-11-5-9(16)8(15)4-10(11)17/h3-5H,1-2H3,(H2,18,19,22). The number of halogens is 3. The Hall–Kier alpha value is -1.05. The SMILES string of the molecule is COC(=O)c1cc(C)sc1NC(=S)Nc1cc(Cl)c(Cl)cc1Cl. The van der Waals surface area contributed by atoms with Gasteiger partial charge < -0.3 is 15.4 Å². The van der Waals surface area contributed by atoms with Crippen molar-refractivity contribution in [3.8, 4) is 0 Å². The lowest BCUT2D eigenvalue weighted by atomic mass is 10.3. The van der Waals surface area contributed by atoms with E-state index in [9.17, 15) is 4.79 Å². The third-order valence-electron chi connectivity index (χ3n) is 2.75. The van der Waals surface area contributed by atoms with E-state index in [4.69, 9.17) is 51.8 Å². The van der Waals surface area contributed by atoms with Crippen LogP contribution in [-0.2, 0) is 4.74 Å². The van der Waals surface area contributed by atoms with Gasteiger partial charge in [0.2, 0.25) is 0 Å². The summed E-state index contributed by atoms with van der Waals surface area (Å²) in [5.41, 5.74) is 0.922. The Morgan fingerprint density at radius 2 is 1.78 bits per heavy atom. The van der Waals surface area contributed by atoms with Gasteiger partial charge in [0, 0.05) is 4.88 Å². The number of carbonyl (C=O) groups is 1. The van der Waals surface area contributed by atoms with Crippen molar-refractivity contribution >= 4 is 80.1 Å². The number of methoxy groups -OCH3 is 1. The highest BCUT2D eigenvalue weighted by Gasteiger charge is 2.16. The van der Waals surface area contributed by atoms with Gasteiger partial charge in [-0.3, -0.25) is 0 Å². The molecule has 0 fully saturated rings. The summed E-state index contributed by atoms with van der Waals surface area (Å²) in [7, 11) is 1.32. The number of carbonyl (C=O) groups excluding carboxylic acids is 1. The van der Waals surface area contributed by atoms with Crippen molar-refractivity contribution in [2.45, 2.75) is 6.92 Å². The predicted octanol–water partition coefficient (Wildman–Crippen LogP) is 5.61. The quantitative estimate of drug-likeness (QED) is 0.392. The second-order valence-electron chi connectivity index (χ2n) is 4.42. The smallest absolute Gasteiger partial charge is 0.340 e. The number of benzene rings is 1. The lowest BCUT2D eigenvalue weighted by Gasteiger charge is -2.12. The Morgan fingerprint density at radius 3 is 2.43 bits per heavy atom. The summed E-state index contributed by atoms with van der Waals surface area (Å²) in [5.74, 6) is -0.438. The van der Waals surface area contributed by atoms with Crippen molar-refractivity contribution < 1.29 is 9.53 Å². The van der Waals surface area contributed by atoms with E-state index in [1.807, 2.05) is 6.92 Å².